The minimum absolute atomic E-state index is 0.323. The van der Waals surface area contributed by atoms with E-state index in [4.69, 9.17) is 4.74 Å². The van der Waals surface area contributed by atoms with Crippen LogP contribution in [-0.4, -0.2) is 76.2 Å². The average Bonchev–Trinajstić information content (AvgIpc) is 3.40. The summed E-state index contributed by atoms with van der Waals surface area (Å²) >= 11 is 0. The van der Waals surface area contributed by atoms with E-state index in [2.05, 4.69) is 57.7 Å². The number of aliphatic imine (C=N–C) groups is 1. The molecule has 2 N–H and O–H groups in total. The number of hydrogen-bond donors (Lipinski definition) is 2. The summed E-state index contributed by atoms with van der Waals surface area (Å²) in [5, 5.41) is 7.12. The molecule has 1 aromatic carbocycles. The van der Waals surface area contributed by atoms with Gasteiger partial charge in [-0.05, 0) is 76.5 Å². The zero-order valence-electron chi connectivity index (χ0n) is 17.9. The van der Waals surface area contributed by atoms with Crippen LogP contribution < -0.4 is 15.4 Å². The lowest BCUT2D eigenvalue weighted by atomic mass is 10.1. The lowest BCUT2D eigenvalue weighted by Crippen LogP contribution is -2.47. The Kier molecular flexibility index (Phi) is 7.57. The Morgan fingerprint density at radius 1 is 1.21 bits per heavy atom. The third kappa shape index (κ3) is 5.61. The van der Waals surface area contributed by atoms with Crippen molar-refractivity contribution in [1.29, 1.82) is 0 Å². The van der Waals surface area contributed by atoms with Crippen LogP contribution >= 0.6 is 0 Å². The molecule has 1 saturated carbocycles. The predicted molar refractivity (Wildman–Crippen MR) is 116 cm³/mol. The van der Waals surface area contributed by atoms with Gasteiger partial charge in [-0.15, -0.1) is 0 Å². The van der Waals surface area contributed by atoms with Gasteiger partial charge in [0.1, 0.15) is 5.75 Å². The number of hydrogen-bond acceptors (Lipinski definition) is 4. The van der Waals surface area contributed by atoms with Crippen LogP contribution in [-0.2, 0) is 0 Å². The van der Waals surface area contributed by atoms with E-state index in [1.54, 1.807) is 7.11 Å². The molecule has 2 unspecified atom stereocenters. The van der Waals surface area contributed by atoms with E-state index in [1.165, 1.54) is 31.2 Å². The molecular weight excluding hydrogens is 350 g/mol. The summed E-state index contributed by atoms with van der Waals surface area (Å²) in [5.41, 5.74) is 1.30. The van der Waals surface area contributed by atoms with Crippen LogP contribution in [0.1, 0.15) is 37.3 Å². The molecule has 0 spiro atoms. The van der Waals surface area contributed by atoms with Crippen LogP contribution in [0.2, 0.25) is 0 Å². The molecule has 1 aliphatic heterocycles. The van der Waals surface area contributed by atoms with Crippen molar-refractivity contribution >= 4 is 5.96 Å². The highest BCUT2D eigenvalue weighted by Gasteiger charge is 2.32. The van der Waals surface area contributed by atoms with Gasteiger partial charge in [0.25, 0.3) is 0 Å². The van der Waals surface area contributed by atoms with Crippen LogP contribution in [0.25, 0.3) is 0 Å². The highest BCUT2D eigenvalue weighted by Crippen LogP contribution is 2.34. The highest BCUT2D eigenvalue weighted by atomic mass is 16.5. The fourth-order valence-corrected chi connectivity index (χ4v) is 4.23. The summed E-state index contributed by atoms with van der Waals surface area (Å²) in [6.45, 7) is 4.08. The molecule has 0 aromatic heterocycles. The molecule has 1 saturated heterocycles. The second-order valence-corrected chi connectivity index (χ2v) is 8.24. The quantitative estimate of drug-likeness (QED) is 0.503. The van der Waals surface area contributed by atoms with Crippen molar-refractivity contribution in [3.05, 3.63) is 29.8 Å². The fourth-order valence-electron chi connectivity index (χ4n) is 4.23. The lowest BCUT2D eigenvalue weighted by Gasteiger charge is -2.30. The number of likely N-dealkylation sites (tertiary alicyclic amines) is 1. The van der Waals surface area contributed by atoms with Crippen molar-refractivity contribution in [2.45, 2.75) is 37.8 Å². The Hall–Kier alpha value is -1.79. The average molecular weight is 388 g/mol. The Morgan fingerprint density at radius 2 is 1.93 bits per heavy atom. The zero-order chi connectivity index (χ0) is 19.9. The maximum atomic E-state index is 5.45. The van der Waals surface area contributed by atoms with E-state index in [0.29, 0.717) is 12.1 Å². The van der Waals surface area contributed by atoms with Gasteiger partial charge in [-0.25, -0.2) is 0 Å². The first-order chi connectivity index (χ1) is 13.6. The minimum Gasteiger partial charge on any atom is -0.497 e. The Balaban J connectivity index is 1.61. The number of ether oxygens (including phenoxy) is 1. The number of benzene rings is 1. The molecule has 1 heterocycles. The first-order valence-electron chi connectivity index (χ1n) is 10.6. The van der Waals surface area contributed by atoms with E-state index >= 15 is 0 Å². The summed E-state index contributed by atoms with van der Waals surface area (Å²) < 4.78 is 5.45. The predicted octanol–water partition coefficient (Wildman–Crippen LogP) is 2.34. The molecule has 0 bridgehead atoms. The van der Waals surface area contributed by atoms with Gasteiger partial charge in [-0.2, -0.15) is 0 Å². The number of nitrogens with one attached hydrogen (secondary N) is 2. The van der Waals surface area contributed by atoms with Crippen molar-refractivity contribution in [1.82, 2.24) is 20.4 Å². The zero-order valence-corrected chi connectivity index (χ0v) is 17.9. The summed E-state index contributed by atoms with van der Waals surface area (Å²) in [6.07, 6.45) is 5.26. The molecule has 1 aromatic rings. The summed E-state index contributed by atoms with van der Waals surface area (Å²) in [4.78, 5) is 9.36. The first-order valence-corrected chi connectivity index (χ1v) is 10.6. The number of nitrogens with zero attached hydrogens (tertiary/aromatic N) is 3. The number of methoxy groups -OCH3 is 1. The SMILES string of the molecule is CN=C(NCC(C1CC1)N(C)C)NCC(c1cccc(OC)c1)N1CCCC1. The second kappa shape index (κ2) is 10.1. The maximum absolute atomic E-state index is 5.45. The van der Waals surface area contributed by atoms with Crippen LogP contribution in [0.3, 0.4) is 0 Å². The first kappa shape index (κ1) is 20.9. The minimum atomic E-state index is 0.323. The van der Waals surface area contributed by atoms with E-state index < -0.39 is 0 Å². The number of rotatable bonds is 9. The van der Waals surface area contributed by atoms with Gasteiger partial charge in [-0.3, -0.25) is 9.89 Å². The Labute approximate surface area is 170 Å². The van der Waals surface area contributed by atoms with Crippen LogP contribution in [0, 0.1) is 5.92 Å². The highest BCUT2D eigenvalue weighted by molar-refractivity contribution is 5.79. The van der Waals surface area contributed by atoms with E-state index in [9.17, 15) is 0 Å². The second-order valence-electron chi connectivity index (χ2n) is 8.24. The van der Waals surface area contributed by atoms with Gasteiger partial charge in [0.05, 0.1) is 13.2 Å². The number of guanidine groups is 1. The largest absolute Gasteiger partial charge is 0.497 e. The summed E-state index contributed by atoms with van der Waals surface area (Å²) in [6, 6.07) is 9.36. The third-order valence-corrected chi connectivity index (χ3v) is 6.05. The molecule has 28 heavy (non-hydrogen) atoms. The van der Waals surface area contributed by atoms with Crippen molar-refractivity contribution in [2.75, 3.05) is 54.4 Å². The Morgan fingerprint density at radius 3 is 2.54 bits per heavy atom. The van der Waals surface area contributed by atoms with Gasteiger partial charge in [0.2, 0.25) is 0 Å². The fraction of sp³-hybridized carbons (Fsp3) is 0.682. The van der Waals surface area contributed by atoms with E-state index in [0.717, 1.165) is 43.8 Å². The lowest BCUT2D eigenvalue weighted by molar-refractivity contribution is 0.243. The maximum Gasteiger partial charge on any atom is 0.191 e. The van der Waals surface area contributed by atoms with Gasteiger partial charge in [0, 0.05) is 26.2 Å². The molecule has 6 nitrogen and oxygen atoms in total. The molecule has 1 aliphatic carbocycles. The topological polar surface area (TPSA) is 52.1 Å². The summed E-state index contributed by atoms with van der Waals surface area (Å²) in [7, 11) is 7.93. The Bertz CT molecular complexity index is 636. The standard InChI is InChI=1S/C22H37N5O/c1-23-22(24-15-20(26(2)3)17-10-11-17)25-16-21(27-12-5-6-13-27)18-8-7-9-19(14-18)28-4/h7-9,14,17,20-21H,5-6,10-13,15-16H2,1-4H3,(H2,23,24,25). The van der Waals surface area contributed by atoms with E-state index in [1.807, 2.05) is 13.1 Å². The van der Waals surface area contributed by atoms with Gasteiger partial charge in [0.15, 0.2) is 5.96 Å². The molecule has 2 fully saturated rings. The molecule has 0 radical (unpaired) electrons. The van der Waals surface area contributed by atoms with E-state index in [-0.39, 0.29) is 0 Å². The monoisotopic (exact) mass is 387 g/mol. The van der Waals surface area contributed by atoms with Crippen LogP contribution in [0.5, 0.6) is 5.75 Å². The summed E-state index contributed by atoms with van der Waals surface area (Å²) in [5.74, 6) is 2.64. The molecule has 156 valence electrons. The molecule has 2 atom stereocenters. The van der Waals surface area contributed by atoms with Gasteiger partial charge < -0.3 is 20.3 Å². The van der Waals surface area contributed by atoms with Crippen molar-refractivity contribution < 1.29 is 4.74 Å². The molecule has 6 heteroatoms. The smallest absolute Gasteiger partial charge is 0.191 e. The van der Waals surface area contributed by atoms with Crippen LogP contribution in [0.4, 0.5) is 0 Å². The third-order valence-electron chi connectivity index (χ3n) is 6.05. The molecule has 0 amide bonds. The van der Waals surface area contributed by atoms with Gasteiger partial charge in [-0.1, -0.05) is 12.1 Å². The van der Waals surface area contributed by atoms with Crippen LogP contribution in [0.15, 0.2) is 29.3 Å². The molecular formula is C22H37N5O. The van der Waals surface area contributed by atoms with Crippen molar-refractivity contribution in [2.24, 2.45) is 10.9 Å². The number of likely N-dealkylation sites (N-methyl/N-ethyl adjacent to an activating group) is 1. The normalized spacial score (nSPS) is 20.2. The molecule has 2 aliphatic rings. The van der Waals surface area contributed by atoms with Gasteiger partial charge >= 0.3 is 0 Å². The molecule has 3 rings (SSSR count). The van der Waals surface area contributed by atoms with Crippen molar-refractivity contribution in [3.8, 4) is 5.75 Å². The van der Waals surface area contributed by atoms with Crippen molar-refractivity contribution in [3.63, 3.8) is 0 Å².